The fourth-order valence-electron chi connectivity index (χ4n) is 0.611. The van der Waals surface area contributed by atoms with Gasteiger partial charge in [0, 0.05) is 5.03 Å². The quantitative estimate of drug-likeness (QED) is 0.687. The van der Waals surface area contributed by atoms with Gasteiger partial charge < -0.3 is 10.2 Å². The van der Waals surface area contributed by atoms with E-state index in [1.165, 1.54) is 6.08 Å². The summed E-state index contributed by atoms with van der Waals surface area (Å²) in [6.45, 7) is 2.71. The van der Waals surface area contributed by atoms with Crippen molar-refractivity contribution in [2.45, 2.75) is 20.3 Å². The van der Waals surface area contributed by atoms with Crippen molar-refractivity contribution < 1.29 is 19.8 Å². The maximum atomic E-state index is 10.6. The standard InChI is InChI=1S/C8H11ClO4/c1-5(9)3-4-8(2,6(10)11)7(12)13/h3H,4H2,1-2H3,(H,10,11)(H,12,13). The number of carboxylic acid groups (broad SMARTS) is 2. The fourth-order valence-corrected chi connectivity index (χ4v) is 0.688. The molecule has 13 heavy (non-hydrogen) atoms. The summed E-state index contributed by atoms with van der Waals surface area (Å²) in [7, 11) is 0. The Kier molecular flexibility index (Phi) is 3.94. The minimum absolute atomic E-state index is 0.118. The molecule has 0 fully saturated rings. The van der Waals surface area contributed by atoms with Crippen LogP contribution in [0.25, 0.3) is 0 Å². The molecule has 0 radical (unpaired) electrons. The summed E-state index contributed by atoms with van der Waals surface area (Å²) in [5.41, 5.74) is -1.80. The minimum Gasteiger partial charge on any atom is -0.480 e. The SMILES string of the molecule is CC(Cl)=CCC(C)(C(=O)O)C(=O)O. The maximum absolute atomic E-state index is 10.6. The van der Waals surface area contributed by atoms with E-state index in [2.05, 4.69) is 0 Å². The Labute approximate surface area is 80.8 Å². The number of hydrogen-bond donors (Lipinski definition) is 2. The van der Waals surface area contributed by atoms with Crippen LogP contribution in [-0.2, 0) is 9.59 Å². The van der Waals surface area contributed by atoms with Gasteiger partial charge in [-0.1, -0.05) is 17.7 Å². The van der Waals surface area contributed by atoms with E-state index in [4.69, 9.17) is 21.8 Å². The van der Waals surface area contributed by atoms with Crippen molar-refractivity contribution in [3.8, 4) is 0 Å². The van der Waals surface area contributed by atoms with E-state index in [0.29, 0.717) is 5.03 Å². The molecule has 0 rings (SSSR count). The van der Waals surface area contributed by atoms with Gasteiger partial charge in [0.15, 0.2) is 5.41 Å². The van der Waals surface area contributed by atoms with Crippen LogP contribution in [0, 0.1) is 5.41 Å². The predicted molar refractivity (Wildman–Crippen MR) is 47.6 cm³/mol. The normalized spacial score (nSPS) is 12.7. The van der Waals surface area contributed by atoms with E-state index in [9.17, 15) is 9.59 Å². The van der Waals surface area contributed by atoms with Gasteiger partial charge in [0.25, 0.3) is 0 Å². The molecule has 0 saturated heterocycles. The number of carbonyl (C=O) groups is 2. The number of halogens is 1. The topological polar surface area (TPSA) is 74.6 Å². The molecule has 0 amide bonds. The second-order valence-electron chi connectivity index (χ2n) is 2.94. The Morgan fingerprint density at radius 2 is 1.77 bits per heavy atom. The molecule has 5 heteroatoms. The molecule has 0 aliphatic carbocycles. The summed E-state index contributed by atoms with van der Waals surface area (Å²) >= 11 is 5.47. The molecule has 0 bridgehead atoms. The monoisotopic (exact) mass is 206 g/mol. The molecule has 2 N–H and O–H groups in total. The highest BCUT2D eigenvalue weighted by Gasteiger charge is 2.40. The van der Waals surface area contributed by atoms with Crippen LogP contribution in [0.3, 0.4) is 0 Å². The largest absolute Gasteiger partial charge is 0.480 e. The minimum atomic E-state index is -1.80. The van der Waals surface area contributed by atoms with E-state index in [1.54, 1.807) is 6.92 Å². The van der Waals surface area contributed by atoms with Gasteiger partial charge in [-0.25, -0.2) is 0 Å². The molecule has 0 aliphatic heterocycles. The molecular weight excluding hydrogens is 196 g/mol. The highest BCUT2D eigenvalue weighted by Crippen LogP contribution is 2.23. The van der Waals surface area contributed by atoms with Crippen molar-refractivity contribution in [2.75, 3.05) is 0 Å². The molecule has 0 unspecified atom stereocenters. The van der Waals surface area contributed by atoms with Gasteiger partial charge in [0.2, 0.25) is 0 Å². The van der Waals surface area contributed by atoms with Crippen LogP contribution in [0.1, 0.15) is 20.3 Å². The average Bonchev–Trinajstić information content (AvgIpc) is 1.99. The third-order valence-corrected chi connectivity index (χ3v) is 1.89. The van der Waals surface area contributed by atoms with Crippen molar-refractivity contribution in [1.29, 1.82) is 0 Å². The van der Waals surface area contributed by atoms with Gasteiger partial charge in [-0.15, -0.1) is 0 Å². The summed E-state index contributed by atoms with van der Waals surface area (Å²) in [4.78, 5) is 21.2. The molecule has 0 spiro atoms. The number of hydrogen-bond acceptors (Lipinski definition) is 2. The van der Waals surface area contributed by atoms with Gasteiger partial charge in [0.1, 0.15) is 0 Å². The maximum Gasteiger partial charge on any atom is 0.321 e. The molecule has 0 atom stereocenters. The lowest BCUT2D eigenvalue weighted by Crippen LogP contribution is -2.35. The van der Waals surface area contributed by atoms with Crippen LogP contribution in [0.15, 0.2) is 11.1 Å². The van der Waals surface area contributed by atoms with Gasteiger partial charge in [-0.05, 0) is 20.3 Å². The van der Waals surface area contributed by atoms with Crippen LogP contribution >= 0.6 is 11.6 Å². The summed E-state index contributed by atoms with van der Waals surface area (Å²) in [6, 6.07) is 0. The Hall–Kier alpha value is -1.03. The fraction of sp³-hybridized carbons (Fsp3) is 0.500. The zero-order valence-corrected chi connectivity index (χ0v) is 8.13. The smallest absolute Gasteiger partial charge is 0.321 e. The van der Waals surface area contributed by atoms with Gasteiger partial charge in [0.05, 0.1) is 0 Å². The van der Waals surface area contributed by atoms with Crippen LogP contribution in [0.5, 0.6) is 0 Å². The van der Waals surface area contributed by atoms with Crippen molar-refractivity contribution in [3.63, 3.8) is 0 Å². The molecule has 0 aromatic carbocycles. The molecule has 4 nitrogen and oxygen atoms in total. The number of carboxylic acids is 2. The molecule has 0 aromatic rings. The number of allylic oxidation sites excluding steroid dienone is 2. The van der Waals surface area contributed by atoms with Crippen LogP contribution in [-0.4, -0.2) is 22.2 Å². The van der Waals surface area contributed by atoms with Crippen molar-refractivity contribution in [3.05, 3.63) is 11.1 Å². The Morgan fingerprint density at radius 1 is 1.38 bits per heavy atom. The van der Waals surface area contributed by atoms with E-state index in [-0.39, 0.29) is 6.42 Å². The predicted octanol–water partition coefficient (Wildman–Crippen LogP) is 1.69. The first-order valence-corrected chi connectivity index (χ1v) is 3.97. The summed E-state index contributed by atoms with van der Waals surface area (Å²) < 4.78 is 0. The highest BCUT2D eigenvalue weighted by molar-refractivity contribution is 6.29. The Balaban J connectivity index is 4.73. The van der Waals surface area contributed by atoms with Crippen LogP contribution in [0.2, 0.25) is 0 Å². The summed E-state index contributed by atoms with van der Waals surface area (Å²) in [5, 5.41) is 17.7. The number of rotatable bonds is 4. The lowest BCUT2D eigenvalue weighted by Gasteiger charge is -2.17. The summed E-state index contributed by atoms with van der Waals surface area (Å²) in [5.74, 6) is -2.73. The van der Waals surface area contributed by atoms with Crippen molar-refractivity contribution in [1.82, 2.24) is 0 Å². The van der Waals surface area contributed by atoms with E-state index < -0.39 is 17.4 Å². The molecule has 74 valence electrons. The second kappa shape index (κ2) is 4.28. The van der Waals surface area contributed by atoms with Gasteiger partial charge in [-0.3, -0.25) is 9.59 Å². The average molecular weight is 207 g/mol. The summed E-state index contributed by atoms with van der Waals surface area (Å²) in [6.07, 6.45) is 1.26. The molecule has 0 aromatic heterocycles. The van der Waals surface area contributed by atoms with E-state index in [1.807, 2.05) is 0 Å². The zero-order chi connectivity index (χ0) is 10.6. The van der Waals surface area contributed by atoms with Crippen molar-refractivity contribution >= 4 is 23.5 Å². The zero-order valence-electron chi connectivity index (χ0n) is 7.37. The first-order chi connectivity index (χ1) is 5.80. The third kappa shape index (κ3) is 3.06. The lowest BCUT2D eigenvalue weighted by molar-refractivity contribution is -0.162. The van der Waals surface area contributed by atoms with Crippen LogP contribution < -0.4 is 0 Å². The van der Waals surface area contributed by atoms with E-state index in [0.717, 1.165) is 6.92 Å². The molecule has 0 saturated carbocycles. The highest BCUT2D eigenvalue weighted by atomic mass is 35.5. The van der Waals surface area contributed by atoms with Crippen molar-refractivity contribution in [2.24, 2.45) is 5.41 Å². The van der Waals surface area contributed by atoms with Gasteiger partial charge in [-0.2, -0.15) is 0 Å². The molecule has 0 heterocycles. The first-order valence-electron chi connectivity index (χ1n) is 3.59. The number of aliphatic carboxylic acids is 2. The molecule has 0 aliphatic rings. The third-order valence-electron chi connectivity index (χ3n) is 1.74. The lowest BCUT2D eigenvalue weighted by atomic mass is 9.87. The Bertz CT molecular complexity index is 239. The van der Waals surface area contributed by atoms with Gasteiger partial charge >= 0.3 is 11.9 Å². The molecular formula is C8H11ClO4. The second-order valence-corrected chi connectivity index (χ2v) is 3.53. The van der Waals surface area contributed by atoms with Crippen LogP contribution in [0.4, 0.5) is 0 Å². The Morgan fingerprint density at radius 3 is 2.00 bits per heavy atom. The first kappa shape index (κ1) is 12.0. The van der Waals surface area contributed by atoms with E-state index >= 15 is 0 Å².